The maximum Gasteiger partial charge on any atom is 0.302 e. The second kappa shape index (κ2) is 11.7. The Morgan fingerprint density at radius 2 is 1.97 bits per heavy atom. The lowest BCUT2D eigenvalue weighted by molar-refractivity contribution is 0.102. The molecule has 36 heavy (non-hydrogen) atoms. The van der Waals surface area contributed by atoms with Gasteiger partial charge in [-0.2, -0.15) is 5.10 Å². The minimum Gasteiger partial charge on any atom is -0.493 e. The number of aromatic nitrogens is 1. The molecule has 8 nitrogen and oxygen atoms in total. The highest BCUT2D eigenvalue weighted by Gasteiger charge is 2.30. The van der Waals surface area contributed by atoms with E-state index in [9.17, 15) is 14.0 Å². The molecular formula is C26H25FN4O4S. The number of carbonyl (C=O) groups excluding carboxylic acids is 2. The van der Waals surface area contributed by atoms with Crippen molar-refractivity contribution >= 4 is 34.3 Å². The lowest BCUT2D eigenvalue weighted by Gasteiger charge is -2.28. The van der Waals surface area contributed by atoms with Crippen LogP contribution in [0.5, 0.6) is 11.5 Å². The summed E-state index contributed by atoms with van der Waals surface area (Å²) in [7, 11) is 1.48. The summed E-state index contributed by atoms with van der Waals surface area (Å²) < 4.78 is 23.0. The number of carbonyl (C=O) groups is 2. The van der Waals surface area contributed by atoms with Gasteiger partial charge in [0.15, 0.2) is 11.5 Å². The average Bonchev–Trinajstić information content (AvgIpc) is 2.91. The number of halogens is 1. The molecule has 1 atom stereocenters. The van der Waals surface area contributed by atoms with Crippen molar-refractivity contribution in [2.24, 2.45) is 5.10 Å². The lowest BCUT2D eigenvalue weighted by atomic mass is 10.0. The summed E-state index contributed by atoms with van der Waals surface area (Å²) in [6.45, 7) is 1.30. The molecule has 186 valence electrons. The van der Waals surface area contributed by atoms with Crippen LogP contribution in [0.4, 0.5) is 14.9 Å². The third-order valence-electron chi connectivity index (χ3n) is 5.50. The maximum absolute atomic E-state index is 12.8. The molecule has 0 aliphatic carbocycles. The minimum absolute atomic E-state index is 0.128. The fraction of sp³-hybridized carbons (Fsp3) is 0.231. The minimum atomic E-state index is -0.960. The van der Waals surface area contributed by atoms with Crippen LogP contribution in [0.15, 0.2) is 72.1 Å². The molecule has 1 aliphatic rings. The van der Waals surface area contributed by atoms with Crippen molar-refractivity contribution in [3.63, 3.8) is 0 Å². The van der Waals surface area contributed by atoms with Gasteiger partial charge < -0.3 is 14.8 Å². The molecule has 0 radical (unpaired) electrons. The van der Waals surface area contributed by atoms with E-state index in [1.165, 1.54) is 30.1 Å². The molecule has 1 aromatic heterocycles. The fourth-order valence-electron chi connectivity index (χ4n) is 3.67. The first-order valence-electron chi connectivity index (χ1n) is 11.3. The van der Waals surface area contributed by atoms with E-state index in [0.29, 0.717) is 29.2 Å². The first-order chi connectivity index (χ1) is 17.5. The number of benzene rings is 2. The molecular weight excluding hydrogens is 483 g/mol. The van der Waals surface area contributed by atoms with E-state index >= 15 is 0 Å². The second-order valence-electron chi connectivity index (χ2n) is 7.84. The van der Waals surface area contributed by atoms with Gasteiger partial charge in [0, 0.05) is 23.6 Å². The number of alkyl halides is 1. The average molecular weight is 509 g/mol. The van der Waals surface area contributed by atoms with Crippen molar-refractivity contribution in [3.8, 4) is 11.5 Å². The van der Waals surface area contributed by atoms with Crippen LogP contribution in [0.25, 0.3) is 0 Å². The first kappa shape index (κ1) is 25.2. The number of pyridine rings is 1. The molecule has 2 amide bonds. The van der Waals surface area contributed by atoms with Gasteiger partial charge in [0.1, 0.15) is 0 Å². The van der Waals surface area contributed by atoms with Crippen molar-refractivity contribution in [1.29, 1.82) is 0 Å². The number of hydrogen-bond donors (Lipinski definition) is 1. The van der Waals surface area contributed by atoms with Crippen molar-refractivity contribution in [1.82, 2.24) is 9.99 Å². The smallest absolute Gasteiger partial charge is 0.302 e. The second-order valence-corrected chi connectivity index (χ2v) is 8.99. The molecule has 0 saturated heterocycles. The zero-order chi connectivity index (χ0) is 25.5. The predicted octanol–water partition coefficient (Wildman–Crippen LogP) is 5.50. The standard InChI is InChI=1S/C26H25FN4O4S/c1-3-23-24(18-8-11-21(35-16-27)22(13-18)34-2)30-31(26(33)36-23)15-17-6-9-20(10-7-17)29-25(32)19-5-4-12-28-14-19/h4-14,23H,3,15-16H2,1-2H3,(H,29,32). The van der Waals surface area contributed by atoms with Crippen LogP contribution in [0.1, 0.15) is 34.8 Å². The third-order valence-corrected chi connectivity index (χ3v) is 6.75. The molecule has 1 aliphatic heterocycles. The van der Waals surface area contributed by atoms with Crippen LogP contribution in [0, 0.1) is 0 Å². The van der Waals surface area contributed by atoms with Crippen LogP contribution in [-0.4, -0.2) is 46.1 Å². The monoisotopic (exact) mass is 508 g/mol. The van der Waals surface area contributed by atoms with Crippen LogP contribution in [-0.2, 0) is 6.54 Å². The Balaban J connectivity index is 1.52. The lowest BCUT2D eigenvalue weighted by Crippen LogP contribution is -2.34. The highest BCUT2D eigenvalue weighted by Crippen LogP contribution is 2.34. The normalized spacial score (nSPS) is 15.3. The number of hydrogen-bond acceptors (Lipinski definition) is 7. The van der Waals surface area contributed by atoms with Crippen molar-refractivity contribution in [2.75, 3.05) is 19.3 Å². The van der Waals surface area contributed by atoms with E-state index in [1.807, 2.05) is 19.1 Å². The van der Waals surface area contributed by atoms with Gasteiger partial charge in [-0.15, -0.1) is 0 Å². The van der Waals surface area contributed by atoms with Gasteiger partial charge in [-0.25, -0.2) is 9.40 Å². The molecule has 0 bridgehead atoms. The summed E-state index contributed by atoms with van der Waals surface area (Å²) in [4.78, 5) is 29.1. The van der Waals surface area contributed by atoms with E-state index in [2.05, 4.69) is 15.4 Å². The highest BCUT2D eigenvalue weighted by atomic mass is 32.2. The highest BCUT2D eigenvalue weighted by molar-refractivity contribution is 8.14. The summed E-state index contributed by atoms with van der Waals surface area (Å²) in [6.07, 6.45) is 3.81. The number of nitrogens with zero attached hydrogens (tertiary/aromatic N) is 3. The molecule has 0 saturated carbocycles. The number of rotatable bonds is 9. The SMILES string of the molecule is CCC1SC(=O)N(Cc2ccc(NC(=O)c3cccnc3)cc2)N=C1c1ccc(OCF)c(OC)c1. The summed E-state index contributed by atoms with van der Waals surface area (Å²) >= 11 is 1.22. The van der Waals surface area contributed by atoms with E-state index in [4.69, 9.17) is 9.47 Å². The Morgan fingerprint density at radius 1 is 1.17 bits per heavy atom. The Hall–Kier alpha value is -3.92. The largest absolute Gasteiger partial charge is 0.493 e. The van der Waals surface area contributed by atoms with Gasteiger partial charge in [-0.05, 0) is 54.4 Å². The Morgan fingerprint density at radius 3 is 2.64 bits per heavy atom. The zero-order valence-electron chi connectivity index (χ0n) is 19.8. The van der Waals surface area contributed by atoms with Gasteiger partial charge in [-0.1, -0.05) is 30.8 Å². The third kappa shape index (κ3) is 5.83. The van der Waals surface area contributed by atoms with Gasteiger partial charge in [0.2, 0.25) is 6.86 Å². The summed E-state index contributed by atoms with van der Waals surface area (Å²) in [5.41, 5.74) is 3.44. The van der Waals surface area contributed by atoms with Crippen LogP contribution in [0.3, 0.4) is 0 Å². The Kier molecular flexibility index (Phi) is 8.17. The molecule has 1 N–H and O–H groups in total. The van der Waals surface area contributed by atoms with E-state index in [0.717, 1.165) is 16.8 Å². The van der Waals surface area contributed by atoms with Crippen LogP contribution >= 0.6 is 11.8 Å². The molecule has 4 rings (SSSR count). The van der Waals surface area contributed by atoms with Crippen LogP contribution in [0.2, 0.25) is 0 Å². The van der Waals surface area contributed by atoms with Crippen molar-refractivity contribution < 1.29 is 23.5 Å². The number of anilines is 1. The first-order valence-corrected chi connectivity index (χ1v) is 12.1. The Labute approximate surface area is 212 Å². The molecule has 2 aromatic carbocycles. The van der Waals surface area contributed by atoms with E-state index in [-0.39, 0.29) is 22.9 Å². The van der Waals surface area contributed by atoms with Crippen molar-refractivity contribution in [2.45, 2.75) is 25.1 Å². The number of nitrogens with one attached hydrogen (secondary N) is 1. The summed E-state index contributed by atoms with van der Waals surface area (Å²) in [5, 5.41) is 8.65. The zero-order valence-corrected chi connectivity index (χ0v) is 20.6. The van der Waals surface area contributed by atoms with Gasteiger partial charge in [0.05, 0.1) is 30.2 Å². The van der Waals surface area contributed by atoms with Gasteiger partial charge in [-0.3, -0.25) is 14.6 Å². The van der Waals surface area contributed by atoms with E-state index in [1.54, 1.807) is 48.7 Å². The summed E-state index contributed by atoms with van der Waals surface area (Å²) in [5.74, 6) is 0.432. The molecule has 3 aromatic rings. The maximum atomic E-state index is 12.8. The topological polar surface area (TPSA) is 93.1 Å². The molecule has 0 spiro atoms. The Bertz CT molecular complexity index is 1250. The molecule has 2 heterocycles. The molecule has 1 unspecified atom stereocenters. The van der Waals surface area contributed by atoms with E-state index < -0.39 is 6.86 Å². The van der Waals surface area contributed by atoms with Gasteiger partial charge in [0.25, 0.3) is 5.91 Å². The number of methoxy groups -OCH3 is 1. The predicted molar refractivity (Wildman–Crippen MR) is 137 cm³/mol. The number of ether oxygens (including phenoxy) is 2. The van der Waals surface area contributed by atoms with Crippen LogP contribution < -0.4 is 14.8 Å². The molecule has 10 heteroatoms. The van der Waals surface area contributed by atoms with Gasteiger partial charge >= 0.3 is 5.24 Å². The number of thioether (sulfide) groups is 1. The quantitative estimate of drug-likeness (QED) is 0.410. The van der Waals surface area contributed by atoms with Crippen molar-refractivity contribution in [3.05, 3.63) is 83.7 Å². The number of hydrazone groups is 1. The number of amides is 2. The fourth-order valence-corrected chi connectivity index (χ4v) is 4.60. The summed E-state index contributed by atoms with van der Waals surface area (Å²) in [6, 6.07) is 15.8. The molecule has 0 fully saturated rings.